The summed E-state index contributed by atoms with van der Waals surface area (Å²) in [5, 5.41) is 8.94. The molecule has 108 valence electrons. The quantitative estimate of drug-likeness (QED) is 0.904. The average Bonchev–Trinajstić information content (AvgIpc) is 2.72. The molecule has 1 aromatic carbocycles. The van der Waals surface area contributed by atoms with Gasteiger partial charge in [-0.15, -0.1) is 0 Å². The van der Waals surface area contributed by atoms with Gasteiger partial charge < -0.3 is 19.6 Å². The molecule has 1 aliphatic rings. The molecule has 6 heteroatoms. The van der Waals surface area contributed by atoms with Crippen molar-refractivity contribution in [3.8, 4) is 5.75 Å². The summed E-state index contributed by atoms with van der Waals surface area (Å²) >= 11 is 0. The minimum absolute atomic E-state index is 0.0168. The van der Waals surface area contributed by atoms with Gasteiger partial charge in [0.25, 0.3) is 5.91 Å². The van der Waals surface area contributed by atoms with E-state index in [4.69, 9.17) is 9.84 Å². The van der Waals surface area contributed by atoms with Crippen LogP contribution in [0.15, 0.2) is 30.3 Å². The van der Waals surface area contributed by atoms with E-state index in [9.17, 15) is 9.59 Å². The maximum Gasteiger partial charge on any atom is 0.407 e. The van der Waals surface area contributed by atoms with Gasteiger partial charge in [-0.2, -0.15) is 0 Å². The third-order valence-electron chi connectivity index (χ3n) is 3.22. The number of hydrogen-bond acceptors (Lipinski definition) is 3. The number of carbonyl (C=O) groups excluding carboxylic acids is 1. The second-order valence-corrected chi connectivity index (χ2v) is 4.61. The van der Waals surface area contributed by atoms with Gasteiger partial charge in [0.1, 0.15) is 5.75 Å². The Balaban J connectivity index is 1.82. The molecule has 1 heterocycles. The highest BCUT2D eigenvalue weighted by atomic mass is 16.5. The van der Waals surface area contributed by atoms with Crippen molar-refractivity contribution in [2.24, 2.45) is 0 Å². The van der Waals surface area contributed by atoms with Crippen molar-refractivity contribution in [2.45, 2.75) is 6.42 Å². The summed E-state index contributed by atoms with van der Waals surface area (Å²) in [5.41, 5.74) is 0. The van der Waals surface area contributed by atoms with E-state index in [1.54, 1.807) is 17.0 Å². The highest BCUT2D eigenvalue weighted by molar-refractivity contribution is 5.78. The molecule has 6 nitrogen and oxygen atoms in total. The first-order chi connectivity index (χ1) is 9.66. The fraction of sp³-hybridized carbons (Fsp3) is 0.429. The lowest BCUT2D eigenvalue weighted by Gasteiger charge is -2.20. The maximum atomic E-state index is 12.0. The van der Waals surface area contributed by atoms with Crippen LogP contribution in [-0.4, -0.2) is 59.7 Å². The highest BCUT2D eigenvalue weighted by Gasteiger charge is 2.21. The van der Waals surface area contributed by atoms with E-state index in [1.807, 2.05) is 18.2 Å². The summed E-state index contributed by atoms with van der Waals surface area (Å²) in [7, 11) is 0. The zero-order chi connectivity index (χ0) is 14.4. The molecule has 0 aliphatic carbocycles. The topological polar surface area (TPSA) is 70.1 Å². The van der Waals surface area contributed by atoms with Crippen LogP contribution in [0.4, 0.5) is 4.79 Å². The normalized spacial score (nSPS) is 15.6. The van der Waals surface area contributed by atoms with Gasteiger partial charge in [0, 0.05) is 26.2 Å². The second kappa shape index (κ2) is 6.79. The van der Waals surface area contributed by atoms with Gasteiger partial charge in [-0.25, -0.2) is 4.79 Å². The van der Waals surface area contributed by atoms with E-state index < -0.39 is 6.09 Å². The zero-order valence-electron chi connectivity index (χ0n) is 11.2. The van der Waals surface area contributed by atoms with Crippen LogP contribution in [0.3, 0.4) is 0 Å². The summed E-state index contributed by atoms with van der Waals surface area (Å²) in [5.74, 6) is 0.545. The van der Waals surface area contributed by atoms with E-state index >= 15 is 0 Å². The Morgan fingerprint density at radius 3 is 2.40 bits per heavy atom. The predicted molar refractivity (Wildman–Crippen MR) is 72.7 cm³/mol. The lowest BCUT2D eigenvalue weighted by molar-refractivity contribution is -0.133. The van der Waals surface area contributed by atoms with Crippen molar-refractivity contribution in [2.75, 3.05) is 32.8 Å². The van der Waals surface area contributed by atoms with E-state index in [2.05, 4.69) is 0 Å². The molecule has 1 aromatic rings. The summed E-state index contributed by atoms with van der Waals surface area (Å²) in [6.45, 7) is 1.80. The summed E-state index contributed by atoms with van der Waals surface area (Å²) in [6, 6.07) is 9.15. The van der Waals surface area contributed by atoms with Crippen LogP contribution < -0.4 is 4.74 Å². The van der Waals surface area contributed by atoms with Crippen LogP contribution >= 0.6 is 0 Å². The Kier molecular flexibility index (Phi) is 4.81. The Hall–Kier alpha value is -2.24. The Labute approximate surface area is 117 Å². The molecule has 0 spiro atoms. The van der Waals surface area contributed by atoms with Gasteiger partial charge >= 0.3 is 6.09 Å². The largest absolute Gasteiger partial charge is 0.484 e. The Morgan fingerprint density at radius 1 is 1.05 bits per heavy atom. The van der Waals surface area contributed by atoms with Crippen molar-refractivity contribution < 1.29 is 19.4 Å². The minimum atomic E-state index is -0.931. The van der Waals surface area contributed by atoms with Crippen LogP contribution in [-0.2, 0) is 4.79 Å². The molecule has 1 fully saturated rings. The lowest BCUT2D eigenvalue weighted by atomic mass is 10.3. The molecule has 0 saturated carbocycles. The lowest BCUT2D eigenvalue weighted by Crippen LogP contribution is -2.38. The van der Waals surface area contributed by atoms with Crippen molar-refractivity contribution >= 4 is 12.0 Å². The number of carboxylic acid groups (broad SMARTS) is 1. The minimum Gasteiger partial charge on any atom is -0.484 e. The molecule has 1 saturated heterocycles. The number of ether oxygens (including phenoxy) is 1. The monoisotopic (exact) mass is 278 g/mol. The van der Waals surface area contributed by atoms with Crippen molar-refractivity contribution in [1.82, 2.24) is 9.80 Å². The molecule has 2 rings (SSSR count). The standard InChI is InChI=1S/C14H18N2O4/c17-13(11-20-12-5-2-1-3-6-12)15-7-4-8-16(10-9-15)14(18)19/h1-3,5-6H,4,7-11H2,(H,18,19). The number of amides is 2. The van der Waals surface area contributed by atoms with Gasteiger partial charge in [0.05, 0.1) is 0 Å². The number of hydrogen-bond donors (Lipinski definition) is 1. The van der Waals surface area contributed by atoms with Crippen molar-refractivity contribution in [3.63, 3.8) is 0 Å². The first-order valence-corrected chi connectivity index (χ1v) is 6.60. The molecule has 1 N–H and O–H groups in total. The zero-order valence-corrected chi connectivity index (χ0v) is 11.2. The number of rotatable bonds is 3. The number of nitrogens with zero attached hydrogens (tertiary/aromatic N) is 2. The molecule has 0 aromatic heterocycles. The number of benzene rings is 1. The summed E-state index contributed by atoms with van der Waals surface area (Å²) < 4.78 is 5.41. The first kappa shape index (κ1) is 14.2. The molecular formula is C14H18N2O4. The van der Waals surface area contributed by atoms with E-state index in [-0.39, 0.29) is 12.5 Å². The molecule has 0 radical (unpaired) electrons. The van der Waals surface area contributed by atoms with Crippen LogP contribution in [0.25, 0.3) is 0 Å². The fourth-order valence-electron chi connectivity index (χ4n) is 2.11. The third kappa shape index (κ3) is 3.88. The SMILES string of the molecule is O=C(O)N1CCCN(C(=O)COc2ccccc2)CC1. The van der Waals surface area contributed by atoms with Crippen LogP contribution in [0, 0.1) is 0 Å². The van der Waals surface area contributed by atoms with Crippen molar-refractivity contribution in [3.05, 3.63) is 30.3 Å². The molecule has 0 bridgehead atoms. The van der Waals surface area contributed by atoms with E-state index in [0.717, 1.165) is 0 Å². The van der Waals surface area contributed by atoms with Crippen LogP contribution in [0.2, 0.25) is 0 Å². The van der Waals surface area contributed by atoms with Gasteiger partial charge in [-0.3, -0.25) is 4.79 Å². The Bertz CT molecular complexity index is 464. The average molecular weight is 278 g/mol. The second-order valence-electron chi connectivity index (χ2n) is 4.61. The van der Waals surface area contributed by atoms with Gasteiger partial charge in [-0.1, -0.05) is 18.2 Å². The van der Waals surface area contributed by atoms with Gasteiger partial charge in [-0.05, 0) is 18.6 Å². The summed E-state index contributed by atoms with van der Waals surface area (Å²) in [4.78, 5) is 25.9. The van der Waals surface area contributed by atoms with Gasteiger partial charge in [0.2, 0.25) is 0 Å². The molecule has 0 atom stereocenters. The molecule has 20 heavy (non-hydrogen) atoms. The first-order valence-electron chi connectivity index (χ1n) is 6.60. The van der Waals surface area contributed by atoms with Crippen LogP contribution in [0.5, 0.6) is 5.75 Å². The molecule has 1 aliphatic heterocycles. The Morgan fingerprint density at radius 2 is 1.70 bits per heavy atom. The van der Waals surface area contributed by atoms with E-state index in [1.165, 1.54) is 4.90 Å². The number of carbonyl (C=O) groups is 2. The smallest absolute Gasteiger partial charge is 0.407 e. The molecule has 0 unspecified atom stereocenters. The highest BCUT2D eigenvalue weighted by Crippen LogP contribution is 2.09. The van der Waals surface area contributed by atoms with Gasteiger partial charge in [0.15, 0.2) is 6.61 Å². The van der Waals surface area contributed by atoms with Crippen LogP contribution in [0.1, 0.15) is 6.42 Å². The number of para-hydroxylation sites is 1. The van der Waals surface area contributed by atoms with E-state index in [0.29, 0.717) is 38.3 Å². The third-order valence-corrected chi connectivity index (χ3v) is 3.22. The summed E-state index contributed by atoms with van der Waals surface area (Å²) in [6.07, 6.45) is -0.275. The van der Waals surface area contributed by atoms with Crippen molar-refractivity contribution in [1.29, 1.82) is 0 Å². The molecular weight excluding hydrogens is 260 g/mol. The predicted octanol–water partition coefficient (Wildman–Crippen LogP) is 1.28. The maximum absolute atomic E-state index is 12.0. The molecule has 2 amide bonds. The fourth-order valence-corrected chi connectivity index (χ4v) is 2.11.